The van der Waals surface area contributed by atoms with Crippen molar-refractivity contribution in [2.75, 3.05) is 11.1 Å². The Kier molecular flexibility index (Phi) is 6.62. The third kappa shape index (κ3) is 5.21. The van der Waals surface area contributed by atoms with Gasteiger partial charge >= 0.3 is 0 Å². The molecule has 0 saturated heterocycles. The molecule has 4 rings (SSSR count). The molecule has 0 atom stereocenters. The number of benzene rings is 3. The van der Waals surface area contributed by atoms with E-state index < -0.39 is 4.92 Å². The van der Waals surface area contributed by atoms with E-state index in [2.05, 4.69) is 31.4 Å². The van der Waals surface area contributed by atoms with Crippen molar-refractivity contribution in [3.05, 3.63) is 87.4 Å². The summed E-state index contributed by atoms with van der Waals surface area (Å²) in [6, 6.07) is 21.0. The lowest BCUT2D eigenvalue weighted by Gasteiger charge is -2.06. The van der Waals surface area contributed by atoms with Crippen molar-refractivity contribution in [1.29, 1.82) is 0 Å². The number of amides is 1. The maximum atomic E-state index is 12.3. The summed E-state index contributed by atoms with van der Waals surface area (Å²) in [7, 11) is 0. The number of non-ortho nitro benzene ring substituents is 1. The van der Waals surface area contributed by atoms with Crippen LogP contribution in [0.15, 0.2) is 86.9 Å². The number of hydrogen-bond acceptors (Lipinski definition) is 7. The van der Waals surface area contributed by atoms with Gasteiger partial charge in [0.1, 0.15) is 0 Å². The van der Waals surface area contributed by atoms with Crippen LogP contribution in [-0.2, 0) is 4.79 Å². The van der Waals surface area contributed by atoms with Gasteiger partial charge in [-0.1, -0.05) is 36.0 Å². The number of anilines is 1. The van der Waals surface area contributed by atoms with Crippen LogP contribution in [0.4, 0.5) is 11.4 Å². The van der Waals surface area contributed by atoms with Crippen LogP contribution < -0.4 is 5.32 Å². The molecule has 1 heterocycles. The Labute approximate surface area is 195 Å². The number of carbonyl (C=O) groups is 1. The van der Waals surface area contributed by atoms with Gasteiger partial charge in [0.15, 0.2) is 0 Å². The van der Waals surface area contributed by atoms with Crippen LogP contribution in [0.2, 0.25) is 0 Å². The zero-order valence-corrected chi connectivity index (χ0v) is 18.8. The SMILES string of the molecule is O=C(CSc1nnc(-c2ccccc2Br)o1)Nc1ccc(-c2ccc([N+](=O)[O-])cc2)cc1. The van der Waals surface area contributed by atoms with Gasteiger partial charge in [-0.15, -0.1) is 10.2 Å². The van der Waals surface area contributed by atoms with E-state index in [1.807, 2.05) is 36.4 Å². The van der Waals surface area contributed by atoms with Crippen LogP contribution >= 0.6 is 27.7 Å². The van der Waals surface area contributed by atoms with Crippen molar-refractivity contribution >= 4 is 45.0 Å². The van der Waals surface area contributed by atoms with Gasteiger partial charge in [-0.05, 0) is 63.5 Å². The molecular formula is C22H15BrN4O4S. The van der Waals surface area contributed by atoms with Crippen LogP contribution in [0.3, 0.4) is 0 Å². The largest absolute Gasteiger partial charge is 0.411 e. The Morgan fingerprint density at radius 1 is 1.00 bits per heavy atom. The van der Waals surface area contributed by atoms with Crippen LogP contribution in [0.25, 0.3) is 22.6 Å². The fraction of sp³-hybridized carbons (Fsp3) is 0.0455. The first-order valence-corrected chi connectivity index (χ1v) is 11.1. The maximum absolute atomic E-state index is 12.3. The van der Waals surface area contributed by atoms with E-state index in [4.69, 9.17) is 4.42 Å². The number of carbonyl (C=O) groups excluding carboxylic acids is 1. The highest BCUT2D eigenvalue weighted by molar-refractivity contribution is 9.10. The first-order valence-electron chi connectivity index (χ1n) is 9.35. The van der Waals surface area contributed by atoms with Gasteiger partial charge in [-0.3, -0.25) is 14.9 Å². The summed E-state index contributed by atoms with van der Waals surface area (Å²) in [6.07, 6.45) is 0. The van der Waals surface area contributed by atoms with Gasteiger partial charge in [0.05, 0.1) is 16.2 Å². The summed E-state index contributed by atoms with van der Waals surface area (Å²) in [6.45, 7) is 0. The normalized spacial score (nSPS) is 10.7. The maximum Gasteiger partial charge on any atom is 0.277 e. The van der Waals surface area contributed by atoms with E-state index in [1.54, 1.807) is 24.3 Å². The summed E-state index contributed by atoms with van der Waals surface area (Å²) in [5.74, 6) is 0.280. The van der Waals surface area contributed by atoms with E-state index in [9.17, 15) is 14.9 Å². The summed E-state index contributed by atoms with van der Waals surface area (Å²) in [5, 5.41) is 21.9. The van der Waals surface area contributed by atoms with E-state index in [-0.39, 0.29) is 17.3 Å². The third-order valence-electron chi connectivity index (χ3n) is 4.42. The number of hydrogen-bond donors (Lipinski definition) is 1. The first kappa shape index (κ1) is 21.7. The molecule has 32 heavy (non-hydrogen) atoms. The highest BCUT2D eigenvalue weighted by atomic mass is 79.9. The van der Waals surface area contributed by atoms with Gasteiger partial charge in [0.2, 0.25) is 11.8 Å². The number of thioether (sulfide) groups is 1. The van der Waals surface area contributed by atoms with Crippen molar-refractivity contribution in [3.63, 3.8) is 0 Å². The van der Waals surface area contributed by atoms with E-state index in [0.29, 0.717) is 16.8 Å². The lowest BCUT2D eigenvalue weighted by molar-refractivity contribution is -0.384. The second kappa shape index (κ2) is 9.75. The minimum Gasteiger partial charge on any atom is -0.411 e. The summed E-state index contributed by atoms with van der Waals surface area (Å²) < 4.78 is 6.47. The molecule has 0 radical (unpaired) electrons. The highest BCUT2D eigenvalue weighted by Crippen LogP contribution is 2.29. The minimum atomic E-state index is -0.434. The molecule has 4 aromatic rings. The number of halogens is 1. The molecule has 0 saturated carbocycles. The summed E-state index contributed by atoms with van der Waals surface area (Å²) >= 11 is 4.59. The summed E-state index contributed by atoms with van der Waals surface area (Å²) in [4.78, 5) is 22.6. The molecule has 8 nitrogen and oxygen atoms in total. The second-order valence-electron chi connectivity index (χ2n) is 6.57. The number of nitrogens with one attached hydrogen (secondary N) is 1. The summed E-state index contributed by atoms with van der Waals surface area (Å²) in [5.41, 5.74) is 3.20. The van der Waals surface area contributed by atoms with Gasteiger partial charge < -0.3 is 9.73 Å². The third-order valence-corrected chi connectivity index (χ3v) is 5.93. The van der Waals surface area contributed by atoms with Gasteiger partial charge in [-0.25, -0.2) is 0 Å². The molecule has 0 aliphatic heterocycles. The average molecular weight is 511 g/mol. The standard InChI is InChI=1S/C22H15BrN4O4S/c23-19-4-2-1-3-18(19)21-25-26-22(31-21)32-13-20(28)24-16-9-5-14(6-10-16)15-7-11-17(12-8-15)27(29)30/h1-12H,13H2,(H,24,28). The lowest BCUT2D eigenvalue weighted by atomic mass is 10.1. The molecule has 0 bridgehead atoms. The average Bonchev–Trinajstić information content (AvgIpc) is 3.27. The van der Waals surface area contributed by atoms with Crippen molar-refractivity contribution in [1.82, 2.24) is 10.2 Å². The predicted octanol–water partition coefficient (Wildman–Crippen LogP) is 5.81. The highest BCUT2D eigenvalue weighted by Gasteiger charge is 2.13. The molecule has 10 heteroatoms. The molecule has 1 aromatic heterocycles. The monoisotopic (exact) mass is 510 g/mol. The number of nitro benzene ring substituents is 1. The molecule has 3 aromatic carbocycles. The lowest BCUT2D eigenvalue weighted by Crippen LogP contribution is -2.13. The van der Waals surface area contributed by atoms with Crippen molar-refractivity contribution in [3.8, 4) is 22.6 Å². The Morgan fingerprint density at radius 3 is 2.31 bits per heavy atom. The van der Waals surface area contributed by atoms with E-state index in [1.165, 1.54) is 12.1 Å². The first-order chi connectivity index (χ1) is 15.5. The zero-order valence-electron chi connectivity index (χ0n) is 16.4. The van der Waals surface area contributed by atoms with Crippen LogP contribution in [0.5, 0.6) is 0 Å². The van der Waals surface area contributed by atoms with Gasteiger partial charge in [-0.2, -0.15) is 0 Å². The molecule has 1 N–H and O–H groups in total. The Bertz CT molecular complexity index is 1260. The smallest absolute Gasteiger partial charge is 0.277 e. The second-order valence-corrected chi connectivity index (χ2v) is 8.35. The van der Waals surface area contributed by atoms with Crippen molar-refractivity contribution in [2.45, 2.75) is 5.22 Å². The fourth-order valence-electron chi connectivity index (χ4n) is 2.86. The molecule has 1 amide bonds. The zero-order chi connectivity index (χ0) is 22.5. The quantitative estimate of drug-likeness (QED) is 0.190. The molecule has 0 aliphatic rings. The van der Waals surface area contributed by atoms with Crippen LogP contribution in [0, 0.1) is 10.1 Å². The predicted molar refractivity (Wildman–Crippen MR) is 125 cm³/mol. The Morgan fingerprint density at radius 2 is 1.66 bits per heavy atom. The van der Waals surface area contributed by atoms with Crippen LogP contribution in [-0.4, -0.2) is 26.8 Å². The topological polar surface area (TPSA) is 111 Å². The number of nitro groups is 1. The number of nitrogens with zero attached hydrogens (tertiary/aromatic N) is 3. The number of rotatable bonds is 7. The van der Waals surface area contributed by atoms with Gasteiger partial charge in [0, 0.05) is 22.3 Å². The van der Waals surface area contributed by atoms with Crippen molar-refractivity contribution in [2.24, 2.45) is 0 Å². The minimum absolute atomic E-state index is 0.0416. The Hall–Kier alpha value is -3.50. The molecule has 160 valence electrons. The molecule has 0 fully saturated rings. The van der Waals surface area contributed by atoms with Crippen molar-refractivity contribution < 1.29 is 14.1 Å². The Balaban J connectivity index is 1.33. The molecule has 0 spiro atoms. The van der Waals surface area contributed by atoms with Crippen LogP contribution in [0.1, 0.15) is 0 Å². The molecule has 0 aliphatic carbocycles. The molecule has 0 unspecified atom stereocenters. The fourth-order valence-corrected chi connectivity index (χ4v) is 3.88. The van der Waals surface area contributed by atoms with E-state index in [0.717, 1.165) is 32.9 Å². The number of aromatic nitrogens is 2. The molecular weight excluding hydrogens is 496 g/mol. The van der Waals surface area contributed by atoms with E-state index >= 15 is 0 Å². The van der Waals surface area contributed by atoms with Gasteiger partial charge in [0.25, 0.3) is 10.9 Å².